The van der Waals surface area contributed by atoms with Crippen molar-refractivity contribution in [2.45, 2.75) is 57.9 Å². The van der Waals surface area contributed by atoms with Crippen molar-refractivity contribution >= 4 is 11.6 Å². The van der Waals surface area contributed by atoms with Crippen molar-refractivity contribution in [3.8, 4) is 0 Å². The Balaban J connectivity index is 1.63. The van der Waals surface area contributed by atoms with Crippen LogP contribution in [-0.2, 0) is 0 Å². The van der Waals surface area contributed by atoms with E-state index in [2.05, 4.69) is 33.2 Å². The highest BCUT2D eigenvalue weighted by Gasteiger charge is 2.18. The third-order valence-electron chi connectivity index (χ3n) is 4.72. The smallest absolute Gasteiger partial charge is 0.134 e. The summed E-state index contributed by atoms with van der Waals surface area (Å²) >= 11 is 0. The standard InChI is InChI=1S/C16H26N4/c1-13-7-9-20(10-8-13)16-11-15(17-12-18-16)19-14-5-3-2-4-6-14/h11-14H,2-10H2,1H3,(H,17,18,19). The van der Waals surface area contributed by atoms with Crippen molar-refractivity contribution in [2.75, 3.05) is 23.3 Å². The van der Waals surface area contributed by atoms with E-state index < -0.39 is 0 Å². The van der Waals surface area contributed by atoms with E-state index in [-0.39, 0.29) is 0 Å². The van der Waals surface area contributed by atoms with Crippen molar-refractivity contribution in [1.82, 2.24) is 9.97 Å². The fourth-order valence-electron chi connectivity index (χ4n) is 3.29. The molecule has 20 heavy (non-hydrogen) atoms. The third kappa shape index (κ3) is 3.41. The lowest BCUT2D eigenvalue weighted by molar-refractivity contribution is 0.436. The minimum atomic E-state index is 0.605. The Morgan fingerprint density at radius 2 is 1.80 bits per heavy atom. The normalized spacial score (nSPS) is 21.9. The van der Waals surface area contributed by atoms with Crippen molar-refractivity contribution < 1.29 is 0 Å². The topological polar surface area (TPSA) is 41.0 Å². The van der Waals surface area contributed by atoms with Gasteiger partial charge in [-0.2, -0.15) is 0 Å². The molecule has 110 valence electrons. The van der Waals surface area contributed by atoms with Gasteiger partial charge in [-0.1, -0.05) is 26.2 Å². The van der Waals surface area contributed by atoms with E-state index in [1.165, 1.54) is 44.9 Å². The predicted molar refractivity (Wildman–Crippen MR) is 83.1 cm³/mol. The molecule has 0 bridgehead atoms. The molecule has 2 fully saturated rings. The summed E-state index contributed by atoms with van der Waals surface area (Å²) in [6.45, 7) is 4.59. The van der Waals surface area contributed by atoms with Crippen LogP contribution in [0.1, 0.15) is 51.9 Å². The number of hydrogen-bond acceptors (Lipinski definition) is 4. The van der Waals surface area contributed by atoms with E-state index in [0.717, 1.165) is 30.6 Å². The molecule has 1 N–H and O–H groups in total. The largest absolute Gasteiger partial charge is 0.367 e. The summed E-state index contributed by atoms with van der Waals surface area (Å²) in [5.74, 6) is 2.94. The second-order valence-corrected chi connectivity index (χ2v) is 6.41. The molecule has 3 rings (SSSR count). The molecule has 1 aliphatic heterocycles. The summed E-state index contributed by atoms with van der Waals surface area (Å²) in [4.78, 5) is 11.2. The zero-order chi connectivity index (χ0) is 13.8. The zero-order valence-electron chi connectivity index (χ0n) is 12.5. The molecule has 2 aliphatic rings. The molecule has 1 saturated heterocycles. The molecule has 4 heteroatoms. The Labute approximate surface area is 122 Å². The fraction of sp³-hybridized carbons (Fsp3) is 0.750. The van der Waals surface area contributed by atoms with Gasteiger partial charge in [0.05, 0.1) is 0 Å². The van der Waals surface area contributed by atoms with Gasteiger partial charge >= 0.3 is 0 Å². The van der Waals surface area contributed by atoms with E-state index in [0.29, 0.717) is 6.04 Å². The molecule has 0 radical (unpaired) electrons. The van der Waals surface area contributed by atoms with Crippen molar-refractivity contribution in [2.24, 2.45) is 5.92 Å². The van der Waals surface area contributed by atoms with Crippen LogP contribution in [0.2, 0.25) is 0 Å². The lowest BCUT2D eigenvalue weighted by Gasteiger charge is -2.31. The minimum absolute atomic E-state index is 0.605. The molecule has 1 aromatic heterocycles. The Hall–Kier alpha value is -1.32. The molecular weight excluding hydrogens is 248 g/mol. The summed E-state index contributed by atoms with van der Waals surface area (Å²) in [5.41, 5.74) is 0. The van der Waals surface area contributed by atoms with Gasteiger partial charge in [-0.05, 0) is 31.6 Å². The first-order valence-electron chi connectivity index (χ1n) is 8.15. The minimum Gasteiger partial charge on any atom is -0.367 e. The van der Waals surface area contributed by atoms with Crippen LogP contribution < -0.4 is 10.2 Å². The monoisotopic (exact) mass is 274 g/mol. The van der Waals surface area contributed by atoms with Gasteiger partial charge in [-0.15, -0.1) is 0 Å². The number of nitrogens with zero attached hydrogens (tertiary/aromatic N) is 3. The molecule has 1 saturated carbocycles. The van der Waals surface area contributed by atoms with Gasteiger partial charge < -0.3 is 10.2 Å². The molecule has 1 aliphatic carbocycles. The van der Waals surface area contributed by atoms with E-state index in [9.17, 15) is 0 Å². The molecule has 4 nitrogen and oxygen atoms in total. The molecule has 0 aromatic carbocycles. The van der Waals surface area contributed by atoms with Crippen molar-refractivity contribution in [1.29, 1.82) is 0 Å². The Morgan fingerprint density at radius 3 is 2.55 bits per heavy atom. The highest BCUT2D eigenvalue weighted by atomic mass is 15.2. The van der Waals surface area contributed by atoms with Crippen LogP contribution in [0.3, 0.4) is 0 Å². The van der Waals surface area contributed by atoms with Gasteiger partial charge in [0.25, 0.3) is 0 Å². The van der Waals surface area contributed by atoms with Crippen LogP contribution >= 0.6 is 0 Å². The average Bonchev–Trinajstić information content (AvgIpc) is 2.49. The second-order valence-electron chi connectivity index (χ2n) is 6.41. The van der Waals surface area contributed by atoms with Gasteiger partial charge in [0.1, 0.15) is 18.0 Å². The molecule has 0 amide bonds. The maximum atomic E-state index is 4.46. The number of aromatic nitrogens is 2. The van der Waals surface area contributed by atoms with Gasteiger partial charge in [0, 0.05) is 25.2 Å². The molecule has 0 atom stereocenters. The van der Waals surface area contributed by atoms with Crippen LogP contribution in [0, 0.1) is 5.92 Å². The maximum absolute atomic E-state index is 4.46. The highest BCUT2D eigenvalue weighted by molar-refractivity contribution is 5.49. The lowest BCUT2D eigenvalue weighted by atomic mass is 9.95. The number of piperidine rings is 1. The first-order valence-corrected chi connectivity index (χ1v) is 8.15. The van der Waals surface area contributed by atoms with E-state index in [4.69, 9.17) is 0 Å². The van der Waals surface area contributed by atoms with Gasteiger partial charge in [-0.25, -0.2) is 9.97 Å². The summed E-state index contributed by atoms with van der Waals surface area (Å²) in [6, 6.07) is 2.73. The summed E-state index contributed by atoms with van der Waals surface area (Å²) < 4.78 is 0. The van der Waals surface area contributed by atoms with Gasteiger partial charge in [0.2, 0.25) is 0 Å². The first-order chi connectivity index (χ1) is 9.81. The molecule has 1 aromatic rings. The summed E-state index contributed by atoms with van der Waals surface area (Å²) in [5, 5.41) is 3.59. The van der Waals surface area contributed by atoms with E-state index in [1.807, 2.05) is 0 Å². The van der Waals surface area contributed by atoms with E-state index >= 15 is 0 Å². The van der Waals surface area contributed by atoms with E-state index in [1.54, 1.807) is 6.33 Å². The van der Waals surface area contributed by atoms with Gasteiger partial charge in [-0.3, -0.25) is 0 Å². The number of hydrogen-bond donors (Lipinski definition) is 1. The van der Waals surface area contributed by atoms with Crippen molar-refractivity contribution in [3.63, 3.8) is 0 Å². The SMILES string of the molecule is CC1CCN(c2cc(NC3CCCCC3)ncn2)CC1. The average molecular weight is 274 g/mol. The number of anilines is 2. The van der Waals surface area contributed by atoms with Crippen LogP contribution in [0.25, 0.3) is 0 Å². The first kappa shape index (κ1) is 13.7. The third-order valence-corrected chi connectivity index (χ3v) is 4.72. The Kier molecular flexibility index (Phi) is 4.38. The highest BCUT2D eigenvalue weighted by Crippen LogP contribution is 2.24. The van der Waals surface area contributed by atoms with Crippen LogP contribution in [0.4, 0.5) is 11.6 Å². The second kappa shape index (κ2) is 6.42. The Morgan fingerprint density at radius 1 is 1.05 bits per heavy atom. The van der Waals surface area contributed by atoms with Gasteiger partial charge in [0.15, 0.2) is 0 Å². The summed E-state index contributed by atoms with van der Waals surface area (Å²) in [6.07, 6.45) is 10.9. The number of nitrogens with one attached hydrogen (secondary N) is 1. The summed E-state index contributed by atoms with van der Waals surface area (Å²) in [7, 11) is 0. The fourth-order valence-corrected chi connectivity index (χ4v) is 3.29. The molecular formula is C16H26N4. The molecule has 0 spiro atoms. The van der Waals surface area contributed by atoms with Crippen LogP contribution in [0.15, 0.2) is 12.4 Å². The zero-order valence-corrected chi connectivity index (χ0v) is 12.5. The predicted octanol–water partition coefficient (Wildman–Crippen LogP) is 3.46. The van der Waals surface area contributed by atoms with Crippen LogP contribution in [-0.4, -0.2) is 29.1 Å². The quantitative estimate of drug-likeness (QED) is 0.916. The number of rotatable bonds is 3. The maximum Gasteiger partial charge on any atom is 0.134 e. The van der Waals surface area contributed by atoms with Crippen molar-refractivity contribution in [3.05, 3.63) is 12.4 Å². The Bertz CT molecular complexity index is 420. The van der Waals surface area contributed by atoms with Crippen LogP contribution in [0.5, 0.6) is 0 Å². The molecule has 0 unspecified atom stereocenters. The lowest BCUT2D eigenvalue weighted by Crippen LogP contribution is -2.33. The molecule has 2 heterocycles.